The Kier molecular flexibility index (Phi) is 3.50. The molecule has 3 N–H and O–H groups in total. The van der Waals surface area contributed by atoms with Crippen LogP contribution < -0.4 is 10.6 Å². The first-order valence-electron chi connectivity index (χ1n) is 7.17. The van der Waals surface area contributed by atoms with Crippen LogP contribution in [0.2, 0.25) is 0 Å². The lowest BCUT2D eigenvalue weighted by molar-refractivity contribution is -0.384. The van der Waals surface area contributed by atoms with Crippen LogP contribution in [0, 0.1) is 10.1 Å². The number of benzene rings is 1. The first kappa shape index (κ1) is 13.8. The van der Waals surface area contributed by atoms with Crippen molar-refractivity contribution in [2.75, 3.05) is 11.9 Å². The summed E-state index contributed by atoms with van der Waals surface area (Å²) in [5.41, 5.74) is 7.45. The lowest BCUT2D eigenvalue weighted by Crippen LogP contribution is -2.39. The Morgan fingerprint density at radius 1 is 1.38 bits per heavy atom. The number of nitro benzene ring substituents is 1. The van der Waals surface area contributed by atoms with E-state index in [1.54, 1.807) is 6.07 Å². The number of anilines is 1. The fourth-order valence-electron chi connectivity index (χ4n) is 2.93. The molecule has 112 valence electrons. The third kappa shape index (κ3) is 2.69. The average molecular weight is 289 g/mol. The Hall–Kier alpha value is -2.15. The fraction of sp³-hybridized carbons (Fsp3) is 0.500. The van der Waals surface area contributed by atoms with Gasteiger partial charge in [0.05, 0.1) is 16.0 Å². The maximum Gasteiger partial charge on any atom is 0.271 e. The minimum Gasteiger partial charge on any atom is -0.342 e. The molecule has 0 spiro atoms. The van der Waals surface area contributed by atoms with E-state index in [4.69, 9.17) is 5.73 Å². The molecular weight excluding hydrogens is 270 g/mol. The van der Waals surface area contributed by atoms with E-state index in [0.717, 1.165) is 37.1 Å². The van der Waals surface area contributed by atoms with E-state index in [9.17, 15) is 10.1 Å². The van der Waals surface area contributed by atoms with Crippen molar-refractivity contribution in [3.05, 3.63) is 28.3 Å². The smallest absolute Gasteiger partial charge is 0.271 e. The zero-order chi connectivity index (χ0) is 15.0. The van der Waals surface area contributed by atoms with Gasteiger partial charge in [0.2, 0.25) is 5.95 Å². The van der Waals surface area contributed by atoms with Crippen LogP contribution in [0.25, 0.3) is 11.0 Å². The monoisotopic (exact) mass is 289 g/mol. The summed E-state index contributed by atoms with van der Waals surface area (Å²) in [7, 11) is 2.01. The number of rotatable bonds is 3. The second-order valence-corrected chi connectivity index (χ2v) is 5.70. The number of nitrogens with zero attached hydrogens (tertiary/aromatic N) is 3. The summed E-state index contributed by atoms with van der Waals surface area (Å²) in [6, 6.07) is 5.41. The molecule has 0 aliphatic heterocycles. The second kappa shape index (κ2) is 5.33. The summed E-state index contributed by atoms with van der Waals surface area (Å²) in [4.78, 5) is 20.2. The van der Waals surface area contributed by atoms with E-state index >= 15 is 0 Å². The highest BCUT2D eigenvalue weighted by atomic mass is 16.6. The molecule has 0 bridgehead atoms. The number of fused-ring (bicyclic) bond motifs is 1. The van der Waals surface area contributed by atoms with Crippen molar-refractivity contribution >= 4 is 22.7 Å². The van der Waals surface area contributed by atoms with Crippen molar-refractivity contribution in [1.82, 2.24) is 9.97 Å². The van der Waals surface area contributed by atoms with Crippen LogP contribution in [-0.4, -0.2) is 34.0 Å². The third-order valence-corrected chi connectivity index (χ3v) is 4.29. The molecular formula is C14H19N5O2. The molecule has 0 saturated heterocycles. The van der Waals surface area contributed by atoms with Crippen LogP contribution in [0.5, 0.6) is 0 Å². The maximum atomic E-state index is 10.8. The number of imidazole rings is 1. The van der Waals surface area contributed by atoms with Gasteiger partial charge in [-0.25, -0.2) is 4.98 Å². The molecule has 0 atom stereocenters. The van der Waals surface area contributed by atoms with Crippen LogP contribution in [0.1, 0.15) is 25.7 Å². The SMILES string of the molecule is CN(c1nc2ccc([N+](=O)[O-])cc2[nH]1)C1CCC(N)CC1. The van der Waals surface area contributed by atoms with Gasteiger partial charge in [0.25, 0.3) is 5.69 Å². The minimum absolute atomic E-state index is 0.0731. The minimum atomic E-state index is -0.397. The molecule has 7 nitrogen and oxygen atoms in total. The topological polar surface area (TPSA) is 101 Å². The normalized spacial score (nSPS) is 22.4. The van der Waals surface area contributed by atoms with Gasteiger partial charge in [-0.15, -0.1) is 0 Å². The highest BCUT2D eigenvalue weighted by Crippen LogP contribution is 2.27. The van der Waals surface area contributed by atoms with Crippen molar-refractivity contribution in [1.29, 1.82) is 0 Å². The molecule has 1 fully saturated rings. The average Bonchev–Trinajstić information content (AvgIpc) is 2.90. The zero-order valence-corrected chi connectivity index (χ0v) is 12.0. The van der Waals surface area contributed by atoms with Gasteiger partial charge in [0, 0.05) is 31.3 Å². The lowest BCUT2D eigenvalue weighted by Gasteiger charge is -2.33. The quantitative estimate of drug-likeness (QED) is 0.666. The van der Waals surface area contributed by atoms with Gasteiger partial charge in [-0.2, -0.15) is 0 Å². The van der Waals surface area contributed by atoms with Crippen LogP contribution >= 0.6 is 0 Å². The maximum absolute atomic E-state index is 10.8. The third-order valence-electron chi connectivity index (χ3n) is 4.29. The van der Waals surface area contributed by atoms with Crippen LogP contribution in [0.3, 0.4) is 0 Å². The Morgan fingerprint density at radius 2 is 2.10 bits per heavy atom. The number of non-ortho nitro benzene ring substituents is 1. The summed E-state index contributed by atoms with van der Waals surface area (Å²) in [5.74, 6) is 0.756. The number of nitrogens with one attached hydrogen (secondary N) is 1. The molecule has 7 heteroatoms. The van der Waals surface area contributed by atoms with Crippen LogP contribution in [-0.2, 0) is 0 Å². The van der Waals surface area contributed by atoms with E-state index < -0.39 is 4.92 Å². The summed E-state index contributed by atoms with van der Waals surface area (Å²) < 4.78 is 0. The number of nitrogens with two attached hydrogens (primary N) is 1. The molecule has 1 aliphatic carbocycles. The molecule has 1 aromatic carbocycles. The van der Waals surface area contributed by atoms with Gasteiger partial charge in [0.15, 0.2) is 0 Å². The predicted octanol–water partition coefficient (Wildman–Crippen LogP) is 2.18. The fourth-order valence-corrected chi connectivity index (χ4v) is 2.93. The number of aromatic amines is 1. The molecule has 1 heterocycles. The first-order chi connectivity index (χ1) is 10.0. The van der Waals surface area contributed by atoms with Gasteiger partial charge in [-0.3, -0.25) is 10.1 Å². The van der Waals surface area contributed by atoms with Crippen LogP contribution in [0.4, 0.5) is 11.6 Å². The Labute approximate surface area is 122 Å². The van der Waals surface area contributed by atoms with Crippen molar-refractivity contribution in [2.45, 2.75) is 37.8 Å². The van der Waals surface area contributed by atoms with E-state index in [1.165, 1.54) is 12.1 Å². The van der Waals surface area contributed by atoms with Gasteiger partial charge in [-0.05, 0) is 31.7 Å². The van der Waals surface area contributed by atoms with Gasteiger partial charge in [-0.1, -0.05) is 0 Å². The Bertz CT molecular complexity index is 660. The summed E-state index contributed by atoms with van der Waals surface area (Å²) in [5, 5.41) is 10.8. The number of H-pyrrole nitrogens is 1. The predicted molar refractivity (Wildman–Crippen MR) is 81.4 cm³/mol. The van der Waals surface area contributed by atoms with Crippen LogP contribution in [0.15, 0.2) is 18.2 Å². The van der Waals surface area contributed by atoms with Gasteiger partial charge in [0.1, 0.15) is 0 Å². The van der Waals surface area contributed by atoms with E-state index in [-0.39, 0.29) is 5.69 Å². The molecule has 0 unspecified atom stereocenters. The molecule has 21 heavy (non-hydrogen) atoms. The summed E-state index contributed by atoms with van der Waals surface area (Å²) >= 11 is 0. The van der Waals surface area contributed by atoms with Crippen molar-refractivity contribution < 1.29 is 4.92 Å². The number of nitro groups is 1. The Morgan fingerprint density at radius 3 is 2.76 bits per heavy atom. The number of hydrogen-bond acceptors (Lipinski definition) is 5. The van der Waals surface area contributed by atoms with Crippen molar-refractivity contribution in [3.8, 4) is 0 Å². The highest BCUT2D eigenvalue weighted by molar-refractivity contribution is 5.80. The van der Waals surface area contributed by atoms with E-state index in [2.05, 4.69) is 14.9 Å². The molecule has 3 rings (SSSR count). The number of aromatic nitrogens is 2. The largest absolute Gasteiger partial charge is 0.342 e. The number of hydrogen-bond donors (Lipinski definition) is 2. The van der Waals surface area contributed by atoms with E-state index in [1.807, 2.05) is 7.05 Å². The highest BCUT2D eigenvalue weighted by Gasteiger charge is 2.24. The van der Waals surface area contributed by atoms with Crippen molar-refractivity contribution in [3.63, 3.8) is 0 Å². The van der Waals surface area contributed by atoms with Gasteiger partial charge < -0.3 is 15.6 Å². The second-order valence-electron chi connectivity index (χ2n) is 5.70. The lowest BCUT2D eigenvalue weighted by atomic mass is 9.91. The Balaban J connectivity index is 1.85. The standard InChI is InChI=1S/C14H19N5O2/c1-18(10-4-2-9(15)3-5-10)14-16-12-7-6-11(19(20)21)8-13(12)17-14/h6-10H,2-5,15H2,1H3,(H,16,17). The molecule has 0 radical (unpaired) electrons. The molecule has 1 aromatic heterocycles. The summed E-state index contributed by atoms with van der Waals surface area (Å²) in [6.45, 7) is 0. The molecule has 2 aromatic rings. The first-order valence-corrected chi connectivity index (χ1v) is 7.17. The molecule has 0 amide bonds. The van der Waals surface area contributed by atoms with Gasteiger partial charge >= 0.3 is 0 Å². The molecule has 1 aliphatic rings. The van der Waals surface area contributed by atoms with E-state index in [0.29, 0.717) is 17.6 Å². The molecule has 1 saturated carbocycles. The van der Waals surface area contributed by atoms with Crippen molar-refractivity contribution in [2.24, 2.45) is 5.73 Å². The summed E-state index contributed by atoms with van der Waals surface area (Å²) in [6.07, 6.45) is 4.16. The zero-order valence-electron chi connectivity index (χ0n) is 12.0.